The van der Waals surface area contributed by atoms with Crippen molar-refractivity contribution in [3.05, 3.63) is 74.4 Å². The number of fused-ring (bicyclic) bond motifs is 3. The van der Waals surface area contributed by atoms with Gasteiger partial charge in [-0.15, -0.1) is 0 Å². The summed E-state index contributed by atoms with van der Waals surface area (Å²) < 4.78 is 6.03. The minimum Gasteiger partial charge on any atom is -0.481 e. The van der Waals surface area contributed by atoms with Crippen LogP contribution in [0.5, 0.6) is 0 Å². The van der Waals surface area contributed by atoms with Gasteiger partial charge in [0, 0.05) is 23.0 Å². The van der Waals surface area contributed by atoms with Gasteiger partial charge >= 0.3 is 5.97 Å². The SMILES string of the molecule is O=C(O)CC1(c2ccc([N+](=O)[O-])cc2)OCCc2c1[nH]c1cccc(Cl)c21. The Morgan fingerprint density at radius 3 is 2.70 bits per heavy atom. The lowest BCUT2D eigenvalue weighted by molar-refractivity contribution is -0.384. The molecule has 1 atom stereocenters. The van der Waals surface area contributed by atoms with Gasteiger partial charge in [-0.3, -0.25) is 14.9 Å². The molecule has 4 rings (SSSR count). The number of rotatable bonds is 4. The summed E-state index contributed by atoms with van der Waals surface area (Å²) in [5.74, 6) is -1.04. The normalized spacial score (nSPS) is 19.0. The van der Waals surface area contributed by atoms with Gasteiger partial charge in [0.25, 0.3) is 5.69 Å². The second-order valence-corrected chi connectivity index (χ2v) is 6.85. The molecule has 1 aromatic heterocycles. The standard InChI is InChI=1S/C19H15ClN2O5/c20-14-2-1-3-15-17(14)13-8-9-27-19(10-16(23)24,18(13)21-15)11-4-6-12(7-5-11)22(25)26/h1-7,21H,8-10H2,(H,23,24). The number of aromatic nitrogens is 1. The van der Waals surface area contributed by atoms with Crippen molar-refractivity contribution in [2.24, 2.45) is 0 Å². The first-order valence-corrected chi connectivity index (χ1v) is 8.70. The van der Waals surface area contributed by atoms with E-state index in [1.54, 1.807) is 18.2 Å². The fourth-order valence-electron chi connectivity index (χ4n) is 3.80. The highest BCUT2D eigenvalue weighted by atomic mass is 35.5. The van der Waals surface area contributed by atoms with Gasteiger partial charge in [0.1, 0.15) is 5.60 Å². The molecule has 0 fully saturated rings. The summed E-state index contributed by atoms with van der Waals surface area (Å²) in [4.78, 5) is 25.4. The van der Waals surface area contributed by atoms with Crippen LogP contribution in [0.3, 0.4) is 0 Å². The van der Waals surface area contributed by atoms with Gasteiger partial charge in [0.05, 0.1) is 28.7 Å². The second-order valence-electron chi connectivity index (χ2n) is 6.44. The Morgan fingerprint density at radius 1 is 1.30 bits per heavy atom. The minimum atomic E-state index is -1.27. The number of halogens is 1. The van der Waals surface area contributed by atoms with E-state index < -0.39 is 16.5 Å². The highest BCUT2D eigenvalue weighted by Crippen LogP contribution is 2.45. The predicted octanol–water partition coefficient (Wildman–Crippen LogP) is 4.02. The molecule has 2 heterocycles. The van der Waals surface area contributed by atoms with Crippen LogP contribution in [0.1, 0.15) is 23.2 Å². The van der Waals surface area contributed by atoms with Crippen molar-refractivity contribution in [3.63, 3.8) is 0 Å². The number of carbonyl (C=O) groups is 1. The first-order valence-electron chi connectivity index (χ1n) is 8.32. The van der Waals surface area contributed by atoms with Crippen LogP contribution in [-0.4, -0.2) is 27.6 Å². The molecule has 1 aliphatic heterocycles. The third-order valence-electron chi connectivity index (χ3n) is 4.93. The average Bonchev–Trinajstić information content (AvgIpc) is 3.02. The summed E-state index contributed by atoms with van der Waals surface area (Å²) in [5.41, 5.74) is 1.56. The summed E-state index contributed by atoms with van der Waals surface area (Å²) in [6.45, 7) is 0.315. The molecule has 2 N–H and O–H groups in total. The van der Waals surface area contributed by atoms with E-state index >= 15 is 0 Å². The number of nitrogens with zero attached hydrogens (tertiary/aromatic N) is 1. The molecular formula is C19H15ClN2O5. The topological polar surface area (TPSA) is 105 Å². The highest BCUT2D eigenvalue weighted by molar-refractivity contribution is 6.35. The lowest BCUT2D eigenvalue weighted by atomic mass is 9.82. The number of nitro benzene ring substituents is 1. The Kier molecular flexibility index (Phi) is 4.13. The number of aromatic amines is 1. The van der Waals surface area contributed by atoms with Gasteiger partial charge in [-0.2, -0.15) is 0 Å². The van der Waals surface area contributed by atoms with Gasteiger partial charge in [-0.25, -0.2) is 0 Å². The molecule has 0 aliphatic carbocycles. The number of benzene rings is 2. The average molecular weight is 387 g/mol. The molecule has 0 spiro atoms. The van der Waals surface area contributed by atoms with Crippen LogP contribution >= 0.6 is 11.6 Å². The number of ether oxygens (including phenoxy) is 1. The Bertz CT molecular complexity index is 1060. The van der Waals surface area contributed by atoms with Crippen molar-refractivity contribution in [1.29, 1.82) is 0 Å². The van der Waals surface area contributed by atoms with Crippen LogP contribution in [0, 0.1) is 10.1 Å². The number of hydrogen-bond donors (Lipinski definition) is 2. The van der Waals surface area contributed by atoms with E-state index in [1.807, 2.05) is 12.1 Å². The molecule has 1 aliphatic rings. The summed E-state index contributed by atoms with van der Waals surface area (Å²) in [7, 11) is 0. The van der Waals surface area contributed by atoms with Crippen molar-refractivity contribution in [2.45, 2.75) is 18.4 Å². The lowest BCUT2D eigenvalue weighted by Crippen LogP contribution is -2.39. The third kappa shape index (κ3) is 2.75. The molecule has 7 nitrogen and oxygen atoms in total. The largest absolute Gasteiger partial charge is 0.481 e. The van der Waals surface area contributed by atoms with E-state index in [0.29, 0.717) is 29.3 Å². The smallest absolute Gasteiger partial charge is 0.307 e. The maximum Gasteiger partial charge on any atom is 0.307 e. The molecule has 8 heteroatoms. The molecule has 3 aromatic rings. The van der Waals surface area contributed by atoms with E-state index in [2.05, 4.69) is 4.98 Å². The molecule has 2 aromatic carbocycles. The maximum atomic E-state index is 11.7. The number of non-ortho nitro benzene ring substituents is 1. The zero-order valence-corrected chi connectivity index (χ0v) is 14.8. The third-order valence-corrected chi connectivity index (χ3v) is 5.24. The molecule has 0 saturated carbocycles. The Balaban J connectivity index is 1.97. The van der Waals surface area contributed by atoms with Crippen molar-refractivity contribution >= 4 is 34.2 Å². The van der Waals surface area contributed by atoms with E-state index in [1.165, 1.54) is 12.1 Å². The maximum absolute atomic E-state index is 11.7. The lowest BCUT2D eigenvalue weighted by Gasteiger charge is -2.36. The summed E-state index contributed by atoms with van der Waals surface area (Å²) in [6, 6.07) is 11.3. The predicted molar refractivity (Wildman–Crippen MR) is 99.1 cm³/mol. The number of aliphatic carboxylic acids is 1. The van der Waals surface area contributed by atoms with E-state index in [0.717, 1.165) is 16.5 Å². The minimum absolute atomic E-state index is 0.0695. The van der Waals surface area contributed by atoms with Crippen LogP contribution in [0.15, 0.2) is 42.5 Å². The van der Waals surface area contributed by atoms with E-state index in [9.17, 15) is 20.0 Å². The molecule has 0 saturated heterocycles. The van der Waals surface area contributed by atoms with Crippen molar-refractivity contribution in [3.8, 4) is 0 Å². The fourth-order valence-corrected chi connectivity index (χ4v) is 4.09. The van der Waals surface area contributed by atoms with Gasteiger partial charge < -0.3 is 14.8 Å². The number of H-pyrrole nitrogens is 1. The van der Waals surface area contributed by atoms with Crippen molar-refractivity contribution in [2.75, 3.05) is 6.61 Å². The zero-order chi connectivity index (χ0) is 19.2. The molecule has 1 unspecified atom stereocenters. The van der Waals surface area contributed by atoms with Crippen LogP contribution in [0.25, 0.3) is 10.9 Å². The molecule has 138 valence electrons. The van der Waals surface area contributed by atoms with Crippen LogP contribution in [0.4, 0.5) is 5.69 Å². The van der Waals surface area contributed by atoms with Crippen molar-refractivity contribution in [1.82, 2.24) is 4.98 Å². The first-order chi connectivity index (χ1) is 12.9. The molecular weight excluding hydrogens is 372 g/mol. The van der Waals surface area contributed by atoms with Crippen LogP contribution in [-0.2, 0) is 21.6 Å². The highest BCUT2D eigenvalue weighted by Gasteiger charge is 2.44. The van der Waals surface area contributed by atoms with Gasteiger partial charge in [0.2, 0.25) is 0 Å². The van der Waals surface area contributed by atoms with Gasteiger partial charge in [-0.05, 0) is 41.8 Å². The zero-order valence-electron chi connectivity index (χ0n) is 14.1. The second kappa shape index (κ2) is 6.37. The van der Waals surface area contributed by atoms with Crippen LogP contribution in [0.2, 0.25) is 5.02 Å². The van der Waals surface area contributed by atoms with Crippen LogP contribution < -0.4 is 0 Å². The number of hydrogen-bond acceptors (Lipinski definition) is 4. The van der Waals surface area contributed by atoms with Gasteiger partial charge in [-0.1, -0.05) is 17.7 Å². The molecule has 0 bridgehead atoms. The quantitative estimate of drug-likeness (QED) is 0.520. The number of carboxylic acids is 1. The monoisotopic (exact) mass is 386 g/mol. The van der Waals surface area contributed by atoms with E-state index in [-0.39, 0.29) is 12.1 Å². The first kappa shape index (κ1) is 17.5. The Labute approximate surface area is 158 Å². The Hall–Kier alpha value is -2.90. The molecule has 27 heavy (non-hydrogen) atoms. The molecule has 0 amide bonds. The Morgan fingerprint density at radius 2 is 2.04 bits per heavy atom. The molecule has 0 radical (unpaired) electrons. The fraction of sp³-hybridized carbons (Fsp3) is 0.211. The van der Waals surface area contributed by atoms with Gasteiger partial charge in [0.15, 0.2) is 0 Å². The number of nitro groups is 1. The van der Waals surface area contributed by atoms with Crippen molar-refractivity contribution < 1.29 is 19.6 Å². The summed E-state index contributed by atoms with van der Waals surface area (Å²) in [5, 5.41) is 22.0. The number of nitrogens with one attached hydrogen (secondary N) is 1. The summed E-state index contributed by atoms with van der Waals surface area (Å²) >= 11 is 6.38. The van der Waals surface area contributed by atoms with E-state index in [4.69, 9.17) is 16.3 Å². The number of carboxylic acid groups (broad SMARTS) is 1. The summed E-state index contributed by atoms with van der Waals surface area (Å²) in [6.07, 6.45) is 0.273.